The number of thiophene rings is 1. The van der Waals surface area contributed by atoms with Gasteiger partial charge in [-0.15, -0.1) is 11.3 Å². The first-order valence-electron chi connectivity index (χ1n) is 5.08. The van der Waals surface area contributed by atoms with Crippen molar-refractivity contribution in [2.24, 2.45) is 0 Å². The number of carbonyl (C=O) groups excluding carboxylic acids is 2. The number of nitrogens with one attached hydrogen (secondary N) is 1. The number of hydrogen-bond donors (Lipinski definition) is 1. The summed E-state index contributed by atoms with van der Waals surface area (Å²) in [6.45, 7) is 3.49. The zero-order chi connectivity index (χ0) is 12.1. The van der Waals surface area contributed by atoms with Gasteiger partial charge in [0, 0.05) is 12.5 Å². The molecule has 1 rings (SSSR count). The fourth-order valence-corrected chi connectivity index (χ4v) is 2.63. The molecule has 0 aromatic carbocycles. The second kappa shape index (κ2) is 6.15. The average molecular weight is 304 g/mol. The van der Waals surface area contributed by atoms with Crippen LogP contribution in [0.2, 0.25) is 0 Å². The maximum Gasteiger partial charge on any atom is 0.261 e. The highest BCUT2D eigenvalue weighted by Gasteiger charge is 2.14. The summed E-state index contributed by atoms with van der Waals surface area (Å²) in [5, 5.41) is 2.86. The monoisotopic (exact) mass is 303 g/mol. The lowest BCUT2D eigenvalue weighted by Gasteiger charge is -2.14. The van der Waals surface area contributed by atoms with Crippen LogP contribution in [0.4, 0.5) is 0 Å². The lowest BCUT2D eigenvalue weighted by Crippen LogP contribution is -2.35. The summed E-state index contributed by atoms with van der Waals surface area (Å²) in [4.78, 5) is 23.4. The second-order valence-electron chi connectivity index (χ2n) is 3.59. The minimum absolute atomic E-state index is 0.0640. The van der Waals surface area contributed by atoms with Gasteiger partial charge in [0.25, 0.3) is 5.91 Å². The van der Waals surface area contributed by atoms with Crippen molar-refractivity contribution in [3.8, 4) is 0 Å². The molecule has 0 aliphatic rings. The van der Waals surface area contributed by atoms with E-state index in [2.05, 4.69) is 21.2 Å². The summed E-state index contributed by atoms with van der Waals surface area (Å²) in [5.41, 5.74) is 0. The van der Waals surface area contributed by atoms with E-state index in [0.29, 0.717) is 11.3 Å². The molecule has 0 aliphatic carbocycles. The van der Waals surface area contributed by atoms with E-state index in [0.717, 1.165) is 10.2 Å². The summed E-state index contributed by atoms with van der Waals surface area (Å²) >= 11 is 4.70. The second-order valence-corrected chi connectivity index (χ2v) is 6.05. The number of ketones is 1. The van der Waals surface area contributed by atoms with Crippen molar-refractivity contribution in [2.45, 2.75) is 32.7 Å². The van der Waals surface area contributed by atoms with Crippen molar-refractivity contribution >= 4 is 39.0 Å². The van der Waals surface area contributed by atoms with E-state index in [1.165, 1.54) is 18.3 Å². The van der Waals surface area contributed by atoms with Crippen LogP contribution in [0.1, 0.15) is 36.4 Å². The fraction of sp³-hybridized carbons (Fsp3) is 0.455. The van der Waals surface area contributed by atoms with Gasteiger partial charge in [-0.25, -0.2) is 0 Å². The quantitative estimate of drug-likeness (QED) is 0.909. The maximum atomic E-state index is 11.8. The van der Waals surface area contributed by atoms with E-state index in [9.17, 15) is 9.59 Å². The van der Waals surface area contributed by atoms with Crippen molar-refractivity contribution in [1.82, 2.24) is 5.32 Å². The lowest BCUT2D eigenvalue weighted by molar-refractivity contribution is -0.117. The summed E-state index contributed by atoms with van der Waals surface area (Å²) in [5.74, 6) is -0.0108. The zero-order valence-electron chi connectivity index (χ0n) is 9.25. The van der Waals surface area contributed by atoms with E-state index < -0.39 is 0 Å². The Labute approximate surface area is 107 Å². The normalized spacial score (nSPS) is 12.2. The minimum atomic E-state index is -0.108. The van der Waals surface area contributed by atoms with Crippen LogP contribution in [0, 0.1) is 0 Å². The van der Waals surface area contributed by atoms with E-state index >= 15 is 0 Å². The molecule has 0 radical (unpaired) electrons. The predicted molar refractivity (Wildman–Crippen MR) is 68.9 cm³/mol. The Morgan fingerprint density at radius 3 is 2.62 bits per heavy atom. The smallest absolute Gasteiger partial charge is 0.261 e. The summed E-state index contributed by atoms with van der Waals surface area (Å²) in [6.07, 6.45) is 1.16. The molecular weight excluding hydrogens is 290 g/mol. The number of rotatable bonds is 5. The van der Waals surface area contributed by atoms with Crippen molar-refractivity contribution in [1.29, 1.82) is 0 Å². The number of carbonyl (C=O) groups is 2. The van der Waals surface area contributed by atoms with E-state index in [-0.39, 0.29) is 17.7 Å². The van der Waals surface area contributed by atoms with Gasteiger partial charge in [0.2, 0.25) is 0 Å². The van der Waals surface area contributed by atoms with Crippen LogP contribution in [0.15, 0.2) is 15.9 Å². The SMILES string of the molecule is CCC(CC(C)=O)NC(=O)c1ccc(Br)s1. The molecule has 0 fully saturated rings. The minimum Gasteiger partial charge on any atom is -0.348 e. The predicted octanol–water partition coefficient (Wildman–Crippen LogP) is 3.00. The number of amides is 1. The molecule has 1 N–H and O–H groups in total. The average Bonchev–Trinajstić information content (AvgIpc) is 2.63. The van der Waals surface area contributed by atoms with Gasteiger partial charge in [0.1, 0.15) is 5.78 Å². The molecule has 0 bridgehead atoms. The molecule has 16 heavy (non-hydrogen) atoms. The fourth-order valence-electron chi connectivity index (χ4n) is 1.34. The molecule has 1 unspecified atom stereocenters. The van der Waals surface area contributed by atoms with Crippen LogP contribution in [-0.2, 0) is 4.79 Å². The highest BCUT2D eigenvalue weighted by atomic mass is 79.9. The van der Waals surface area contributed by atoms with E-state index in [4.69, 9.17) is 0 Å². The van der Waals surface area contributed by atoms with Gasteiger partial charge in [0.15, 0.2) is 0 Å². The Kier molecular flexibility index (Phi) is 5.15. The molecule has 88 valence electrons. The van der Waals surface area contributed by atoms with Crippen molar-refractivity contribution < 1.29 is 9.59 Å². The van der Waals surface area contributed by atoms with Crippen LogP contribution in [0.25, 0.3) is 0 Å². The van der Waals surface area contributed by atoms with Crippen LogP contribution in [0.5, 0.6) is 0 Å². The van der Waals surface area contributed by atoms with Gasteiger partial charge >= 0.3 is 0 Å². The molecule has 0 spiro atoms. The topological polar surface area (TPSA) is 46.2 Å². The molecule has 1 aromatic rings. The third kappa shape index (κ3) is 4.06. The third-order valence-electron chi connectivity index (χ3n) is 2.16. The maximum absolute atomic E-state index is 11.8. The number of halogens is 1. The molecule has 0 saturated carbocycles. The largest absolute Gasteiger partial charge is 0.348 e. The van der Waals surface area contributed by atoms with E-state index in [1.807, 2.05) is 13.0 Å². The van der Waals surface area contributed by atoms with Crippen LogP contribution in [-0.4, -0.2) is 17.7 Å². The van der Waals surface area contributed by atoms with E-state index in [1.54, 1.807) is 6.07 Å². The third-order valence-corrected chi connectivity index (χ3v) is 3.78. The van der Waals surface area contributed by atoms with Crippen molar-refractivity contribution in [3.05, 3.63) is 20.8 Å². The number of hydrogen-bond acceptors (Lipinski definition) is 3. The van der Waals surface area contributed by atoms with Gasteiger partial charge < -0.3 is 5.32 Å². The first kappa shape index (κ1) is 13.4. The Bertz CT molecular complexity index is 389. The Balaban J connectivity index is 2.58. The molecule has 1 atom stereocenters. The van der Waals surface area contributed by atoms with Crippen molar-refractivity contribution in [2.75, 3.05) is 0 Å². The highest BCUT2D eigenvalue weighted by Crippen LogP contribution is 2.22. The molecular formula is C11H14BrNO2S. The first-order chi connectivity index (χ1) is 7.52. The Morgan fingerprint density at radius 1 is 1.50 bits per heavy atom. The van der Waals surface area contributed by atoms with Crippen LogP contribution >= 0.6 is 27.3 Å². The first-order valence-corrected chi connectivity index (χ1v) is 6.69. The molecule has 0 saturated heterocycles. The zero-order valence-corrected chi connectivity index (χ0v) is 11.7. The van der Waals surface area contributed by atoms with Crippen LogP contribution in [0.3, 0.4) is 0 Å². The van der Waals surface area contributed by atoms with Gasteiger partial charge in [-0.05, 0) is 41.4 Å². The molecule has 1 heterocycles. The van der Waals surface area contributed by atoms with Crippen LogP contribution < -0.4 is 5.32 Å². The van der Waals surface area contributed by atoms with Gasteiger partial charge in [-0.1, -0.05) is 6.92 Å². The summed E-state index contributed by atoms with van der Waals surface area (Å²) in [6, 6.07) is 3.54. The Morgan fingerprint density at radius 2 is 2.19 bits per heavy atom. The van der Waals surface area contributed by atoms with Crippen molar-refractivity contribution in [3.63, 3.8) is 0 Å². The Hall–Kier alpha value is -0.680. The molecule has 5 heteroatoms. The summed E-state index contributed by atoms with van der Waals surface area (Å²) < 4.78 is 0.928. The van der Waals surface area contributed by atoms with Gasteiger partial charge in [-0.2, -0.15) is 0 Å². The molecule has 1 amide bonds. The standard InChI is InChI=1S/C11H14BrNO2S/c1-3-8(6-7(2)14)13-11(15)9-4-5-10(12)16-9/h4-5,8H,3,6H2,1-2H3,(H,13,15). The lowest BCUT2D eigenvalue weighted by atomic mass is 10.1. The number of Topliss-reactive ketones (excluding diaryl/α,β-unsaturated/α-hetero) is 1. The molecule has 3 nitrogen and oxygen atoms in total. The van der Waals surface area contributed by atoms with Gasteiger partial charge in [0.05, 0.1) is 8.66 Å². The highest BCUT2D eigenvalue weighted by molar-refractivity contribution is 9.11. The molecule has 0 aliphatic heterocycles. The van der Waals surface area contributed by atoms with Gasteiger partial charge in [-0.3, -0.25) is 9.59 Å². The molecule has 1 aromatic heterocycles. The summed E-state index contributed by atoms with van der Waals surface area (Å²) in [7, 11) is 0.